The summed E-state index contributed by atoms with van der Waals surface area (Å²) < 4.78 is 0. The van der Waals surface area contributed by atoms with Crippen molar-refractivity contribution in [1.82, 2.24) is 0 Å². The zero-order valence-corrected chi connectivity index (χ0v) is 39.5. The van der Waals surface area contributed by atoms with E-state index in [1.165, 1.54) is 47.7 Å². The van der Waals surface area contributed by atoms with Gasteiger partial charge in [-0.05, 0) is 0 Å². The van der Waals surface area contributed by atoms with Gasteiger partial charge in [0.05, 0.1) is 0 Å². The summed E-state index contributed by atoms with van der Waals surface area (Å²) in [5, 5.41) is 13.4. The van der Waals surface area contributed by atoms with Crippen LogP contribution >= 0.6 is 40.8 Å². The Kier molecular flexibility index (Phi) is 13.3. The van der Waals surface area contributed by atoms with Crippen molar-refractivity contribution in [2.75, 3.05) is 0 Å². The van der Waals surface area contributed by atoms with Crippen molar-refractivity contribution in [3.05, 3.63) is 273 Å². The minimum absolute atomic E-state index is 0. The first-order chi connectivity index (χ1) is 28.8. The number of rotatable bonds is 12. The summed E-state index contributed by atoms with van der Waals surface area (Å²) in [6.07, 6.45) is 0. The van der Waals surface area contributed by atoms with Gasteiger partial charge in [-0.1, -0.05) is 0 Å². The third kappa shape index (κ3) is 7.33. The van der Waals surface area contributed by atoms with Gasteiger partial charge in [-0.2, -0.15) is 0 Å². The molecule has 0 aliphatic heterocycles. The molecular weight excluding hydrogens is 971 g/mol. The molecule has 0 atom stereocenters. The maximum absolute atomic E-state index is 3.17. The molecule has 0 fully saturated rings. The molecule has 5 heteroatoms. The van der Waals surface area contributed by atoms with Gasteiger partial charge in [-0.3, -0.25) is 0 Å². The normalized spacial score (nSPS) is 12.7. The van der Waals surface area contributed by atoms with E-state index in [-0.39, 0.29) is 24.0 Å². The van der Waals surface area contributed by atoms with Crippen molar-refractivity contribution < 1.29 is 14.5 Å². The molecule has 9 aromatic carbocycles. The number of halogens is 1. The Bertz CT molecular complexity index is 2050. The van der Waals surface area contributed by atoms with Crippen molar-refractivity contribution in [3.63, 3.8) is 0 Å². The van der Waals surface area contributed by atoms with Crippen molar-refractivity contribution in [3.8, 4) is 0 Å². The van der Waals surface area contributed by atoms with Gasteiger partial charge < -0.3 is 0 Å². The van der Waals surface area contributed by atoms with Crippen molar-refractivity contribution >= 4 is 88.5 Å². The monoisotopic (exact) mass is 1020 g/mol. The van der Waals surface area contributed by atoms with Crippen LogP contribution in [-0.2, 0) is 14.5 Å². The number of hydrogen-bond donors (Lipinski definition) is 0. The van der Waals surface area contributed by atoms with E-state index in [2.05, 4.69) is 273 Å². The molecule has 0 amide bonds. The molecule has 0 aliphatic carbocycles. The van der Waals surface area contributed by atoms with E-state index >= 15 is 0 Å². The van der Waals surface area contributed by atoms with Gasteiger partial charge in [0, 0.05) is 24.0 Å². The quantitative estimate of drug-likeness (QED) is 0.0650. The predicted octanol–water partition coefficient (Wildman–Crippen LogP) is 10.4. The van der Waals surface area contributed by atoms with Crippen LogP contribution in [0.1, 0.15) is 0 Å². The van der Waals surface area contributed by atoms with Crippen LogP contribution < -0.4 is 47.7 Å². The summed E-state index contributed by atoms with van der Waals surface area (Å²) in [5.41, 5.74) is -9.50. The van der Waals surface area contributed by atoms with Gasteiger partial charge in [0.1, 0.15) is 0 Å². The standard InChI is InChI=1S/3C18H15P.I.Rh/c3*1-4-10-16(11-5-1)19(17-12-6-2-7-13-17)18-14-8-3-9-15-18;;/h3*1-15H;;/q;;;;-3/p+3. The molecule has 0 aliphatic rings. The third-order valence-corrected chi connectivity index (χ3v) is 73.1. The molecule has 1 radical (unpaired) electrons. The van der Waals surface area contributed by atoms with Gasteiger partial charge in [-0.15, -0.1) is 0 Å². The van der Waals surface area contributed by atoms with E-state index < -0.39 is 31.3 Å². The fourth-order valence-electron chi connectivity index (χ4n) is 8.87. The summed E-state index contributed by atoms with van der Waals surface area (Å²) in [4.78, 5) is 0. The summed E-state index contributed by atoms with van der Waals surface area (Å²) >= 11 is -2.44. The molecule has 9 aromatic rings. The van der Waals surface area contributed by atoms with Gasteiger partial charge in [0.2, 0.25) is 0 Å². The molecule has 0 heterocycles. The summed E-state index contributed by atoms with van der Waals surface area (Å²) in [6, 6.07) is 106. The van der Waals surface area contributed by atoms with Crippen LogP contribution in [0.2, 0.25) is 0 Å². The van der Waals surface area contributed by atoms with Crippen LogP contribution in [-0.4, -0.2) is 0 Å². The molecule has 0 bridgehead atoms. The molecule has 9 rings (SSSR count). The number of benzene rings is 9. The van der Waals surface area contributed by atoms with E-state index in [1.807, 2.05) is 0 Å². The predicted molar refractivity (Wildman–Crippen MR) is 274 cm³/mol. The van der Waals surface area contributed by atoms with Gasteiger partial charge in [-0.25, -0.2) is 0 Å². The fraction of sp³-hybridized carbons (Fsp3) is 0. The number of hydrogen-bond acceptors (Lipinski definition) is 0. The Labute approximate surface area is 372 Å². The van der Waals surface area contributed by atoms with Gasteiger partial charge >= 0.3 is 352 Å². The minimum atomic E-state index is -3.17. The van der Waals surface area contributed by atoms with E-state index in [0.29, 0.717) is 0 Å². The van der Waals surface area contributed by atoms with Crippen LogP contribution in [0.25, 0.3) is 0 Å². The Balaban J connectivity index is 0.00000484. The summed E-state index contributed by atoms with van der Waals surface area (Å²) in [7, 11) is 0. The van der Waals surface area contributed by atoms with E-state index in [9.17, 15) is 0 Å². The van der Waals surface area contributed by atoms with E-state index in [1.54, 1.807) is 0 Å². The Morgan fingerprint density at radius 1 is 0.169 bits per heavy atom. The second-order valence-electron chi connectivity index (χ2n) is 14.4. The van der Waals surface area contributed by atoms with Crippen molar-refractivity contribution in [2.24, 2.45) is 0 Å². The maximum atomic E-state index is 2.50. The summed E-state index contributed by atoms with van der Waals surface area (Å²) in [5.74, 6) is 0. The summed E-state index contributed by atoms with van der Waals surface area (Å²) in [6.45, 7) is 0. The Morgan fingerprint density at radius 2 is 0.271 bits per heavy atom. The van der Waals surface area contributed by atoms with Crippen LogP contribution in [0.5, 0.6) is 0 Å². The van der Waals surface area contributed by atoms with Crippen LogP contribution in [0.4, 0.5) is 0 Å². The third-order valence-electron chi connectivity index (χ3n) is 11.2. The molecule has 0 nitrogen and oxygen atoms in total. The first kappa shape index (κ1) is 41.4. The van der Waals surface area contributed by atoms with Gasteiger partial charge in [0.25, 0.3) is 0 Å². The Morgan fingerprint density at radius 3 is 0.373 bits per heavy atom. The molecule has 0 saturated carbocycles. The topological polar surface area (TPSA) is 0 Å². The zero-order valence-electron chi connectivity index (χ0n) is 32.7. The van der Waals surface area contributed by atoms with Gasteiger partial charge in [0.15, 0.2) is 0 Å². The zero-order chi connectivity index (χ0) is 39.1. The average Bonchev–Trinajstić information content (AvgIpc) is 3.33. The van der Waals surface area contributed by atoms with Crippen molar-refractivity contribution in [2.45, 2.75) is 0 Å². The Hall–Kier alpha value is -4.38. The van der Waals surface area contributed by atoms with E-state index in [0.717, 1.165) is 0 Å². The molecule has 0 N–H and O–H groups in total. The van der Waals surface area contributed by atoms with Crippen LogP contribution in [0.15, 0.2) is 273 Å². The van der Waals surface area contributed by atoms with Crippen LogP contribution in [0.3, 0.4) is 0 Å². The first-order valence-corrected chi connectivity index (χ1v) is 32.8. The fourth-order valence-corrected chi connectivity index (χ4v) is 99.6. The molecule has 295 valence electrons. The van der Waals surface area contributed by atoms with Crippen molar-refractivity contribution in [1.29, 1.82) is 0 Å². The van der Waals surface area contributed by atoms with E-state index in [4.69, 9.17) is 0 Å². The van der Waals surface area contributed by atoms with Crippen LogP contribution in [0, 0.1) is 0 Å². The SMILES string of the molecule is [I].c1ccc([PH](c2ccccc2)(c2ccccc2)[Rh]([PH](c2ccccc2)(c2ccccc2)c2ccccc2)[PH](c2ccccc2)(c2ccccc2)c2ccccc2)cc1. The second-order valence-corrected chi connectivity index (χ2v) is 47.5. The molecule has 0 unspecified atom stereocenters. The molecule has 0 saturated heterocycles. The second kappa shape index (κ2) is 18.9. The molecule has 59 heavy (non-hydrogen) atoms. The average molecular weight is 1020 g/mol. The molecule has 0 aromatic heterocycles. The first-order valence-electron chi connectivity index (χ1n) is 19.9. The molecular formula is C54H48IP3Rh. The molecule has 0 spiro atoms.